The molecule has 2 aromatic rings. The maximum atomic E-state index is 10.6. The molecule has 0 saturated carbocycles. The van der Waals surface area contributed by atoms with Crippen LogP contribution >= 0.6 is 22.6 Å². The number of benzene rings is 1. The van der Waals surface area contributed by atoms with Gasteiger partial charge >= 0.3 is 0 Å². The molecular weight excluding hydrogens is 357 g/mol. The van der Waals surface area contributed by atoms with Crippen LogP contribution in [0.15, 0.2) is 30.5 Å². The number of hydrogen-bond donors (Lipinski definition) is 0. The summed E-state index contributed by atoms with van der Waals surface area (Å²) in [5.41, 5.74) is 2.16. The number of unbranched alkanes of at least 4 members (excludes halogenated alkanes) is 1. The third-order valence-electron chi connectivity index (χ3n) is 2.88. The SMILES string of the molecule is CCCCc1cnn(-c2ccc([N+](=O)[O-])cc2)c1I. The molecule has 0 N–H and O–H groups in total. The molecule has 0 atom stereocenters. The van der Waals surface area contributed by atoms with Crippen LogP contribution in [0.5, 0.6) is 0 Å². The van der Waals surface area contributed by atoms with Crippen molar-refractivity contribution < 1.29 is 4.92 Å². The smallest absolute Gasteiger partial charge is 0.258 e. The van der Waals surface area contributed by atoms with Gasteiger partial charge in [0.15, 0.2) is 0 Å². The van der Waals surface area contributed by atoms with E-state index in [1.165, 1.54) is 17.7 Å². The monoisotopic (exact) mass is 371 g/mol. The Morgan fingerprint density at radius 3 is 2.63 bits per heavy atom. The van der Waals surface area contributed by atoms with Gasteiger partial charge in [-0.15, -0.1) is 0 Å². The lowest BCUT2D eigenvalue weighted by atomic mass is 10.2. The highest BCUT2D eigenvalue weighted by atomic mass is 127. The molecule has 100 valence electrons. The number of rotatable bonds is 5. The van der Waals surface area contributed by atoms with E-state index < -0.39 is 4.92 Å². The van der Waals surface area contributed by atoms with E-state index >= 15 is 0 Å². The molecule has 0 aliphatic heterocycles. The van der Waals surface area contributed by atoms with Crippen molar-refractivity contribution in [3.63, 3.8) is 0 Å². The Kier molecular flexibility index (Phi) is 4.52. The minimum absolute atomic E-state index is 0.0946. The maximum absolute atomic E-state index is 10.6. The first-order valence-corrected chi connectivity index (χ1v) is 7.18. The highest BCUT2D eigenvalue weighted by molar-refractivity contribution is 14.1. The fourth-order valence-electron chi connectivity index (χ4n) is 1.80. The van der Waals surface area contributed by atoms with Crippen LogP contribution in [-0.2, 0) is 6.42 Å². The van der Waals surface area contributed by atoms with E-state index in [9.17, 15) is 10.1 Å². The summed E-state index contributed by atoms with van der Waals surface area (Å²) in [6, 6.07) is 6.44. The molecule has 1 heterocycles. The summed E-state index contributed by atoms with van der Waals surface area (Å²) in [7, 11) is 0. The Morgan fingerprint density at radius 2 is 2.05 bits per heavy atom. The van der Waals surface area contributed by atoms with Crippen LogP contribution in [0.2, 0.25) is 0 Å². The van der Waals surface area contributed by atoms with E-state index in [1.807, 2.05) is 10.9 Å². The zero-order chi connectivity index (χ0) is 13.8. The molecule has 0 bridgehead atoms. The summed E-state index contributed by atoms with van der Waals surface area (Å²) in [6.07, 6.45) is 5.18. The minimum atomic E-state index is -0.398. The van der Waals surface area contributed by atoms with Crippen molar-refractivity contribution in [2.45, 2.75) is 26.2 Å². The van der Waals surface area contributed by atoms with Gasteiger partial charge in [0, 0.05) is 17.7 Å². The summed E-state index contributed by atoms with van der Waals surface area (Å²) in [5.74, 6) is 0. The molecule has 0 saturated heterocycles. The normalized spacial score (nSPS) is 10.6. The standard InChI is InChI=1S/C13H14IN3O2/c1-2-3-4-10-9-15-16(13(10)14)11-5-7-12(8-6-11)17(18)19/h5-9H,2-4H2,1H3. The average molecular weight is 371 g/mol. The second-order valence-electron chi connectivity index (χ2n) is 4.25. The molecule has 1 aromatic heterocycles. The molecule has 6 heteroatoms. The highest BCUT2D eigenvalue weighted by Gasteiger charge is 2.10. The fraction of sp³-hybridized carbons (Fsp3) is 0.308. The average Bonchev–Trinajstić information content (AvgIpc) is 2.78. The zero-order valence-electron chi connectivity index (χ0n) is 10.5. The minimum Gasteiger partial charge on any atom is -0.258 e. The van der Waals surface area contributed by atoms with Gasteiger partial charge in [0.2, 0.25) is 0 Å². The number of nitro benzene ring substituents is 1. The van der Waals surface area contributed by atoms with E-state index in [0.717, 1.165) is 28.7 Å². The molecule has 0 unspecified atom stereocenters. The number of halogens is 1. The maximum Gasteiger partial charge on any atom is 0.269 e. The van der Waals surface area contributed by atoms with E-state index in [-0.39, 0.29) is 5.69 Å². The first kappa shape index (κ1) is 14.0. The van der Waals surface area contributed by atoms with Crippen LogP contribution in [-0.4, -0.2) is 14.7 Å². The molecule has 0 amide bonds. The molecule has 0 spiro atoms. The Morgan fingerprint density at radius 1 is 1.37 bits per heavy atom. The third-order valence-corrected chi connectivity index (χ3v) is 4.03. The number of aromatic nitrogens is 2. The quantitative estimate of drug-likeness (QED) is 0.457. The molecule has 19 heavy (non-hydrogen) atoms. The molecule has 0 aliphatic rings. The summed E-state index contributed by atoms with van der Waals surface area (Å²) in [5, 5.41) is 15.0. The van der Waals surface area contributed by atoms with Gasteiger partial charge in [-0.1, -0.05) is 13.3 Å². The molecule has 2 rings (SSSR count). The number of non-ortho nitro benzene ring substituents is 1. The van der Waals surface area contributed by atoms with Crippen LogP contribution in [0, 0.1) is 13.8 Å². The molecule has 0 radical (unpaired) electrons. The van der Waals surface area contributed by atoms with Gasteiger partial charge in [0.05, 0.1) is 16.8 Å². The van der Waals surface area contributed by atoms with Crippen LogP contribution < -0.4 is 0 Å². The molecule has 1 aromatic carbocycles. The van der Waals surface area contributed by atoms with Gasteiger partial charge in [-0.3, -0.25) is 10.1 Å². The van der Waals surface area contributed by atoms with Crippen LogP contribution in [0.3, 0.4) is 0 Å². The zero-order valence-corrected chi connectivity index (χ0v) is 12.7. The summed E-state index contributed by atoms with van der Waals surface area (Å²) < 4.78 is 2.88. The van der Waals surface area contributed by atoms with Gasteiger partial charge in [-0.05, 0) is 47.6 Å². The topological polar surface area (TPSA) is 61.0 Å². The number of aryl methyl sites for hydroxylation is 1. The number of hydrogen-bond acceptors (Lipinski definition) is 3. The van der Waals surface area contributed by atoms with E-state index in [1.54, 1.807) is 12.1 Å². The van der Waals surface area contributed by atoms with Gasteiger partial charge in [-0.25, -0.2) is 4.68 Å². The second-order valence-corrected chi connectivity index (χ2v) is 5.27. The van der Waals surface area contributed by atoms with Crippen LogP contribution in [0.25, 0.3) is 5.69 Å². The summed E-state index contributed by atoms with van der Waals surface area (Å²) in [4.78, 5) is 10.2. The number of nitrogens with zero attached hydrogens (tertiary/aromatic N) is 3. The van der Waals surface area contributed by atoms with E-state index in [0.29, 0.717) is 0 Å². The fourth-order valence-corrected chi connectivity index (χ4v) is 2.61. The third kappa shape index (κ3) is 3.12. The van der Waals surface area contributed by atoms with Crippen LogP contribution in [0.4, 0.5) is 5.69 Å². The van der Waals surface area contributed by atoms with Crippen molar-refractivity contribution in [1.29, 1.82) is 0 Å². The lowest BCUT2D eigenvalue weighted by molar-refractivity contribution is -0.384. The van der Waals surface area contributed by atoms with Gasteiger partial charge in [-0.2, -0.15) is 5.10 Å². The van der Waals surface area contributed by atoms with Crippen molar-refractivity contribution in [1.82, 2.24) is 9.78 Å². The first-order chi connectivity index (χ1) is 9.13. The van der Waals surface area contributed by atoms with Gasteiger partial charge in [0.25, 0.3) is 5.69 Å². The van der Waals surface area contributed by atoms with Gasteiger partial charge in [0.1, 0.15) is 3.70 Å². The van der Waals surface area contributed by atoms with E-state index in [2.05, 4.69) is 34.6 Å². The van der Waals surface area contributed by atoms with Crippen molar-refractivity contribution in [3.8, 4) is 5.69 Å². The molecule has 0 aliphatic carbocycles. The predicted molar refractivity (Wildman–Crippen MR) is 81.5 cm³/mol. The summed E-state index contributed by atoms with van der Waals surface area (Å²) in [6.45, 7) is 2.16. The Balaban J connectivity index is 2.26. The Hall–Kier alpha value is -1.44. The van der Waals surface area contributed by atoms with E-state index in [4.69, 9.17) is 0 Å². The van der Waals surface area contributed by atoms with Crippen LogP contribution in [0.1, 0.15) is 25.3 Å². The molecule has 0 fully saturated rings. The number of nitro groups is 1. The molecule has 5 nitrogen and oxygen atoms in total. The predicted octanol–water partition coefficient (Wildman–Crippen LogP) is 3.73. The summed E-state index contributed by atoms with van der Waals surface area (Å²) >= 11 is 2.27. The first-order valence-electron chi connectivity index (χ1n) is 6.10. The van der Waals surface area contributed by atoms with Crippen molar-refractivity contribution in [2.75, 3.05) is 0 Å². The Labute approximate surface area is 124 Å². The second kappa shape index (κ2) is 6.14. The van der Waals surface area contributed by atoms with Crippen molar-refractivity contribution in [3.05, 3.63) is 49.8 Å². The largest absolute Gasteiger partial charge is 0.269 e. The lowest BCUT2D eigenvalue weighted by Gasteiger charge is -2.04. The van der Waals surface area contributed by atoms with Crippen molar-refractivity contribution >= 4 is 28.3 Å². The Bertz CT molecular complexity index is 578. The highest BCUT2D eigenvalue weighted by Crippen LogP contribution is 2.20. The van der Waals surface area contributed by atoms with Crippen molar-refractivity contribution in [2.24, 2.45) is 0 Å². The van der Waals surface area contributed by atoms with Gasteiger partial charge < -0.3 is 0 Å². The lowest BCUT2D eigenvalue weighted by Crippen LogP contribution is -2.00. The molecular formula is C13H14IN3O2.